The van der Waals surface area contributed by atoms with Crippen LogP contribution in [0.25, 0.3) is 18.2 Å². The molecule has 3 aromatic carbocycles. The topological polar surface area (TPSA) is 148 Å². The first-order valence-electron chi connectivity index (χ1n) is 34.5. The Bertz CT molecular complexity index is 3190. The first-order chi connectivity index (χ1) is 44.6. The number of rotatable bonds is 30. The number of ether oxygens (including phenoxy) is 3. The third-order valence-electron chi connectivity index (χ3n) is 17.4. The van der Waals surface area contributed by atoms with Crippen molar-refractivity contribution in [3.8, 4) is 17.2 Å². The van der Waals surface area contributed by atoms with Crippen LogP contribution in [-0.2, 0) is 14.4 Å². The van der Waals surface area contributed by atoms with Crippen LogP contribution in [0.2, 0.25) is 0 Å². The van der Waals surface area contributed by atoms with Crippen LogP contribution in [0.5, 0.6) is 17.2 Å². The molecular weight excluding hydrogens is 1220 g/mol. The SMILES string of the molecule is COc1cc(C)c(/C=C/C(C)=C/C=C(CC(C)C)/C(C)=C(\CC(C)C)C(=O)[O-])c(C)c1C.COc1cc(C)c(/C=C/C(C)=C/C=C(CC(C)C)/C(C)=C(\CC(C)C)C(=O)[O-])c(C)c1C.COc1cc(C)c(/C=C/C(C)=C/C=C(CC(C)C)/C(C)=C(\CC(C)C)C(=O)[O-])c(C)c1C.[Al+3]. The fourth-order valence-corrected chi connectivity index (χ4v) is 11.4. The van der Waals surface area contributed by atoms with Crippen molar-refractivity contribution in [3.63, 3.8) is 0 Å². The van der Waals surface area contributed by atoms with Crippen LogP contribution in [0.15, 0.2) is 140 Å². The van der Waals surface area contributed by atoms with E-state index >= 15 is 0 Å². The van der Waals surface area contributed by atoms with Crippen molar-refractivity contribution in [2.75, 3.05) is 21.3 Å². The third-order valence-corrected chi connectivity index (χ3v) is 17.4. The van der Waals surface area contributed by atoms with Gasteiger partial charge in [0.2, 0.25) is 0 Å². The zero-order valence-electron chi connectivity index (χ0n) is 65.6. The van der Waals surface area contributed by atoms with E-state index in [4.69, 9.17) is 14.2 Å². The van der Waals surface area contributed by atoms with Crippen LogP contribution in [0.4, 0.5) is 0 Å². The Hall–Kier alpha value is -7.12. The van der Waals surface area contributed by atoms with E-state index in [9.17, 15) is 29.7 Å². The second-order valence-corrected chi connectivity index (χ2v) is 28.7. The molecule has 10 heteroatoms. The van der Waals surface area contributed by atoms with Crippen molar-refractivity contribution in [1.82, 2.24) is 0 Å². The Morgan fingerprint density at radius 1 is 0.340 bits per heavy atom. The summed E-state index contributed by atoms with van der Waals surface area (Å²) in [5, 5.41) is 35.3. The Morgan fingerprint density at radius 2 is 0.536 bits per heavy atom. The summed E-state index contributed by atoms with van der Waals surface area (Å²) in [6, 6.07) is 6.23. The molecule has 0 bridgehead atoms. The molecule has 0 saturated carbocycles. The van der Waals surface area contributed by atoms with Crippen LogP contribution >= 0.6 is 0 Å². The molecule has 0 amide bonds. The Balaban J connectivity index is 0.00000142. The molecule has 0 saturated heterocycles. The van der Waals surface area contributed by atoms with Gasteiger partial charge in [0.05, 0.1) is 39.2 Å². The maximum atomic E-state index is 11.8. The molecule has 9 nitrogen and oxygen atoms in total. The van der Waals surface area contributed by atoms with Gasteiger partial charge in [-0.25, -0.2) is 0 Å². The number of carbonyl (C=O) groups is 3. The largest absolute Gasteiger partial charge is 3.00 e. The Labute approximate surface area is 600 Å². The number of aliphatic carboxylic acids is 3. The molecule has 0 aliphatic carbocycles. The molecule has 0 aliphatic heterocycles. The number of benzene rings is 3. The summed E-state index contributed by atoms with van der Waals surface area (Å²) in [4.78, 5) is 35.3. The van der Waals surface area contributed by atoms with Gasteiger partial charge in [0.1, 0.15) is 17.2 Å². The van der Waals surface area contributed by atoms with Crippen molar-refractivity contribution in [3.05, 3.63) is 207 Å². The molecule has 97 heavy (non-hydrogen) atoms. The number of carboxylic acid groups (broad SMARTS) is 3. The molecule has 0 unspecified atom stereocenters. The second-order valence-electron chi connectivity index (χ2n) is 28.7. The average molecular weight is 1340 g/mol. The van der Waals surface area contributed by atoms with E-state index in [-0.39, 0.29) is 35.1 Å². The fourth-order valence-electron chi connectivity index (χ4n) is 11.4. The minimum atomic E-state index is -1.06. The van der Waals surface area contributed by atoms with Gasteiger partial charge in [-0.2, -0.15) is 0 Å². The maximum Gasteiger partial charge on any atom is 3.00 e. The van der Waals surface area contributed by atoms with Crippen molar-refractivity contribution >= 4 is 53.5 Å². The van der Waals surface area contributed by atoms with Crippen molar-refractivity contribution in [2.45, 2.75) is 225 Å². The van der Waals surface area contributed by atoms with E-state index in [1.165, 1.54) is 50.1 Å². The van der Waals surface area contributed by atoms with Crippen LogP contribution in [-0.4, -0.2) is 56.6 Å². The number of carboxylic acids is 3. The summed E-state index contributed by atoms with van der Waals surface area (Å²) >= 11 is 0. The number of hydrogen-bond acceptors (Lipinski definition) is 9. The standard InChI is InChI=1S/3C29H42O3.Al/c3*1-18(2)15-25(24(9)27(29(30)31)16-19(3)4)13-11-20(5)12-14-26-21(6)17-28(32-10)23(8)22(26)7;/h3*11-14,17-19H,15-16H2,1-10H3,(H,30,31);/q;;;+3/p-3/b3*14-12+,20-11+,25-13+,27-24+;. The van der Waals surface area contributed by atoms with Crippen LogP contribution in [0.1, 0.15) is 230 Å². The minimum absolute atomic E-state index is 0. The molecule has 0 radical (unpaired) electrons. The van der Waals surface area contributed by atoms with Gasteiger partial charge in [0.25, 0.3) is 0 Å². The summed E-state index contributed by atoms with van der Waals surface area (Å²) in [7, 11) is 5.11. The molecule has 3 aromatic rings. The smallest absolute Gasteiger partial charge is 0.545 e. The van der Waals surface area contributed by atoms with E-state index in [1.807, 2.05) is 62.3 Å². The quantitative estimate of drug-likeness (QED) is 0.0361. The summed E-state index contributed by atoms with van der Waals surface area (Å²) in [5.41, 5.74) is 24.4. The molecule has 0 atom stereocenters. The first kappa shape index (κ1) is 89.9. The monoisotopic (exact) mass is 1340 g/mol. The second kappa shape index (κ2) is 44.0. The Kier molecular flexibility index (Phi) is 40.8. The molecule has 0 aromatic heterocycles. The first-order valence-corrected chi connectivity index (χ1v) is 34.5. The number of carbonyl (C=O) groups excluding carboxylic acids is 3. The maximum absolute atomic E-state index is 11.8. The predicted molar refractivity (Wildman–Crippen MR) is 410 cm³/mol. The summed E-state index contributed by atoms with van der Waals surface area (Å²) < 4.78 is 16.4. The molecule has 528 valence electrons. The van der Waals surface area contributed by atoms with Crippen molar-refractivity contribution in [2.24, 2.45) is 35.5 Å². The normalized spacial score (nSPS) is 13.7. The van der Waals surface area contributed by atoms with E-state index < -0.39 is 17.9 Å². The van der Waals surface area contributed by atoms with Gasteiger partial charge in [-0.1, -0.05) is 173 Å². The molecular formula is C87H123AlO9. The number of aryl methyl sites for hydroxylation is 3. The summed E-state index contributed by atoms with van der Waals surface area (Å²) in [5.74, 6) is 1.62. The molecule has 0 N–H and O–H groups in total. The minimum Gasteiger partial charge on any atom is -0.545 e. The van der Waals surface area contributed by atoms with E-state index in [0.29, 0.717) is 53.7 Å². The third kappa shape index (κ3) is 30.3. The summed E-state index contributed by atoms with van der Waals surface area (Å²) in [6.07, 6.45) is 29.2. The fraction of sp³-hybridized carbons (Fsp3) is 0.483. The van der Waals surface area contributed by atoms with Gasteiger partial charge in [-0.05, 0) is 313 Å². The predicted octanol–water partition coefficient (Wildman–Crippen LogP) is 19.6. The van der Waals surface area contributed by atoms with Gasteiger partial charge in [-0.15, -0.1) is 0 Å². The van der Waals surface area contributed by atoms with Gasteiger partial charge >= 0.3 is 17.4 Å². The number of methoxy groups -OCH3 is 3. The van der Waals surface area contributed by atoms with E-state index in [2.05, 4.69) is 216 Å². The Morgan fingerprint density at radius 3 is 0.701 bits per heavy atom. The van der Waals surface area contributed by atoms with Gasteiger partial charge in [-0.3, -0.25) is 0 Å². The zero-order chi connectivity index (χ0) is 73.8. The molecule has 0 aliphatic rings. The molecule has 3 rings (SSSR count). The summed E-state index contributed by atoms with van der Waals surface area (Å²) in [6.45, 7) is 55.9. The van der Waals surface area contributed by atoms with Crippen LogP contribution < -0.4 is 29.5 Å². The number of allylic oxidation sites excluding steroid dienone is 18. The van der Waals surface area contributed by atoms with Gasteiger partial charge in [0.15, 0.2) is 0 Å². The van der Waals surface area contributed by atoms with Crippen molar-refractivity contribution < 1.29 is 43.9 Å². The van der Waals surface area contributed by atoms with E-state index in [0.717, 1.165) is 103 Å². The molecule has 0 heterocycles. The molecule has 0 spiro atoms. The van der Waals surface area contributed by atoms with Gasteiger partial charge < -0.3 is 43.9 Å². The van der Waals surface area contributed by atoms with Crippen LogP contribution in [0, 0.1) is 97.8 Å². The van der Waals surface area contributed by atoms with E-state index in [1.54, 1.807) is 21.3 Å². The molecule has 0 fully saturated rings. The van der Waals surface area contributed by atoms with Crippen LogP contribution in [0.3, 0.4) is 0 Å². The van der Waals surface area contributed by atoms with Gasteiger partial charge in [0, 0.05) is 0 Å². The van der Waals surface area contributed by atoms with Crippen molar-refractivity contribution in [1.29, 1.82) is 0 Å². The number of hydrogen-bond donors (Lipinski definition) is 0. The average Bonchev–Trinajstić information content (AvgIpc) is 0.845. The zero-order valence-corrected chi connectivity index (χ0v) is 66.8.